The van der Waals surface area contributed by atoms with Gasteiger partial charge in [0, 0.05) is 43.3 Å². The molecule has 3 aromatic rings. The molecule has 2 fully saturated rings. The second-order valence-electron chi connectivity index (χ2n) is 8.62. The van der Waals surface area contributed by atoms with Crippen LogP contribution in [-0.4, -0.2) is 63.8 Å². The Labute approximate surface area is 193 Å². The molecule has 1 aromatic carbocycles. The highest BCUT2D eigenvalue weighted by molar-refractivity contribution is 8.00. The van der Waals surface area contributed by atoms with Gasteiger partial charge >= 0.3 is 0 Å². The molecule has 1 aliphatic heterocycles. The molecule has 0 radical (unpaired) electrons. The van der Waals surface area contributed by atoms with Crippen molar-refractivity contribution in [2.45, 2.75) is 26.2 Å². The van der Waals surface area contributed by atoms with Crippen molar-refractivity contribution in [1.82, 2.24) is 24.8 Å². The van der Waals surface area contributed by atoms with E-state index in [4.69, 9.17) is 4.98 Å². The molecule has 9 heteroatoms. The number of nitrogens with one attached hydrogen (secondary N) is 2. The van der Waals surface area contributed by atoms with Gasteiger partial charge in [0.05, 0.1) is 6.20 Å². The lowest BCUT2D eigenvalue weighted by Gasteiger charge is -2.32. The Morgan fingerprint density at radius 3 is 2.72 bits per heavy atom. The van der Waals surface area contributed by atoms with Crippen molar-refractivity contribution in [3.05, 3.63) is 36.3 Å². The minimum atomic E-state index is 0.713. The highest BCUT2D eigenvalue weighted by atomic mass is 32.2. The van der Waals surface area contributed by atoms with Crippen molar-refractivity contribution in [3.63, 3.8) is 0 Å². The fourth-order valence-corrected chi connectivity index (χ4v) is 4.76. The normalized spacial score (nSPS) is 17.0. The van der Waals surface area contributed by atoms with E-state index in [2.05, 4.69) is 67.0 Å². The van der Waals surface area contributed by atoms with Gasteiger partial charge in [-0.05, 0) is 49.9 Å². The Balaban J connectivity index is 1.40. The van der Waals surface area contributed by atoms with Gasteiger partial charge in [-0.1, -0.05) is 24.9 Å². The molecule has 0 spiro atoms. The molecule has 3 heterocycles. The van der Waals surface area contributed by atoms with Crippen LogP contribution >= 0.6 is 11.9 Å². The van der Waals surface area contributed by atoms with Gasteiger partial charge < -0.3 is 19.8 Å². The number of anilines is 4. The summed E-state index contributed by atoms with van der Waals surface area (Å²) >= 11 is 1.79. The zero-order valence-electron chi connectivity index (χ0n) is 18.7. The van der Waals surface area contributed by atoms with Gasteiger partial charge in [0.2, 0.25) is 5.95 Å². The van der Waals surface area contributed by atoms with Gasteiger partial charge in [0.1, 0.15) is 17.4 Å². The number of nitrogens with zero attached hydrogens (tertiary/aromatic N) is 6. The van der Waals surface area contributed by atoms with Gasteiger partial charge in [-0.3, -0.25) is 0 Å². The molecular weight excluding hydrogens is 420 g/mol. The molecule has 1 saturated heterocycles. The number of benzene rings is 1. The molecule has 168 valence electrons. The van der Waals surface area contributed by atoms with Crippen molar-refractivity contribution >= 4 is 46.1 Å². The second-order valence-corrected chi connectivity index (χ2v) is 9.45. The molecule has 5 rings (SSSR count). The first-order chi connectivity index (χ1) is 15.7. The van der Waals surface area contributed by atoms with Crippen molar-refractivity contribution in [1.29, 1.82) is 0 Å². The number of hydrogen-bond acceptors (Lipinski definition) is 9. The lowest BCUT2D eigenvalue weighted by Crippen LogP contribution is -2.45. The first-order valence-electron chi connectivity index (χ1n) is 11.4. The highest BCUT2D eigenvalue weighted by Crippen LogP contribution is 2.33. The van der Waals surface area contributed by atoms with E-state index < -0.39 is 0 Å². The topological polar surface area (TPSA) is 82.1 Å². The van der Waals surface area contributed by atoms with Crippen molar-refractivity contribution in [3.8, 4) is 0 Å². The number of hydrogen-bond donors (Lipinski definition) is 2. The number of rotatable bonds is 8. The summed E-state index contributed by atoms with van der Waals surface area (Å²) in [5.41, 5.74) is 4.88. The van der Waals surface area contributed by atoms with Crippen LogP contribution in [0.15, 0.2) is 30.7 Å². The second kappa shape index (κ2) is 9.46. The van der Waals surface area contributed by atoms with Crippen LogP contribution in [0.2, 0.25) is 0 Å². The van der Waals surface area contributed by atoms with Crippen molar-refractivity contribution in [2.75, 3.05) is 53.9 Å². The lowest BCUT2D eigenvalue weighted by molar-refractivity contribution is 0.311. The van der Waals surface area contributed by atoms with E-state index in [0.717, 1.165) is 66.9 Å². The molecule has 1 aliphatic carbocycles. The maximum absolute atomic E-state index is 4.86. The minimum absolute atomic E-state index is 0.713. The van der Waals surface area contributed by atoms with E-state index >= 15 is 0 Å². The van der Waals surface area contributed by atoms with Crippen LogP contribution in [0.1, 0.15) is 25.3 Å². The third kappa shape index (κ3) is 4.88. The fourth-order valence-electron chi connectivity index (χ4n) is 3.81. The summed E-state index contributed by atoms with van der Waals surface area (Å²) in [6.07, 6.45) is 7.05. The molecule has 32 heavy (non-hydrogen) atoms. The van der Waals surface area contributed by atoms with Crippen LogP contribution < -0.4 is 14.9 Å². The van der Waals surface area contributed by atoms with E-state index in [1.54, 1.807) is 24.5 Å². The summed E-state index contributed by atoms with van der Waals surface area (Å²) in [6.45, 7) is 6.03. The Hall–Kier alpha value is -2.65. The zero-order chi connectivity index (χ0) is 21.9. The minimum Gasteiger partial charge on any atom is -0.338 e. The number of likely N-dealkylation sites (N-methyl/N-ethyl adjacent to an activating group) is 1. The quantitative estimate of drug-likeness (QED) is 0.496. The van der Waals surface area contributed by atoms with Crippen LogP contribution in [0, 0.1) is 5.92 Å². The lowest BCUT2D eigenvalue weighted by atomic mass is 10.1. The van der Waals surface area contributed by atoms with Gasteiger partial charge in [-0.25, -0.2) is 19.9 Å². The fraction of sp³-hybridized carbons (Fsp3) is 0.478. The van der Waals surface area contributed by atoms with E-state index in [9.17, 15) is 0 Å². The van der Waals surface area contributed by atoms with Gasteiger partial charge in [0.25, 0.3) is 0 Å². The molecule has 8 nitrogen and oxygen atoms in total. The maximum Gasteiger partial charge on any atom is 0.226 e. The SMILES string of the molecule is CCc1ccc(NSCC2CC2)cc1Nc1ncnc2cnc(N3CCN(C)CC3)nc12. The number of fused-ring (bicyclic) bond motifs is 1. The molecule has 0 bridgehead atoms. The maximum atomic E-state index is 4.86. The van der Waals surface area contributed by atoms with Crippen molar-refractivity contribution < 1.29 is 0 Å². The Kier molecular flexibility index (Phi) is 6.27. The summed E-state index contributed by atoms with van der Waals surface area (Å²) in [7, 11) is 2.15. The first kappa shape index (κ1) is 21.2. The standard InChI is InChI=1S/C23H30N8S/c1-3-17-6-7-18(29-32-14-16-4-5-16)12-19(17)27-22-21-20(25-15-26-22)13-24-23(28-21)31-10-8-30(2)9-11-31/h6-7,12-13,15-16,29H,3-5,8-11,14H2,1-2H3,(H,25,26,27). The monoisotopic (exact) mass is 450 g/mol. The molecule has 2 aromatic heterocycles. The summed E-state index contributed by atoms with van der Waals surface area (Å²) < 4.78 is 3.49. The predicted octanol–water partition coefficient (Wildman–Crippen LogP) is 3.95. The van der Waals surface area contributed by atoms with Crippen LogP contribution in [0.25, 0.3) is 11.0 Å². The Morgan fingerprint density at radius 1 is 1.09 bits per heavy atom. The molecule has 0 atom stereocenters. The highest BCUT2D eigenvalue weighted by Gasteiger charge is 2.21. The van der Waals surface area contributed by atoms with E-state index in [1.807, 2.05) is 0 Å². The summed E-state index contributed by atoms with van der Waals surface area (Å²) in [5, 5.41) is 3.54. The average molecular weight is 451 g/mol. The van der Waals surface area contributed by atoms with E-state index in [0.29, 0.717) is 5.82 Å². The number of aromatic nitrogens is 4. The largest absolute Gasteiger partial charge is 0.338 e. The van der Waals surface area contributed by atoms with Crippen LogP contribution in [-0.2, 0) is 6.42 Å². The third-order valence-corrected chi connectivity index (χ3v) is 7.12. The molecule has 2 aliphatic rings. The Bertz CT molecular complexity index is 1080. The number of piperazine rings is 1. The molecular formula is C23H30N8S. The Morgan fingerprint density at radius 2 is 1.94 bits per heavy atom. The molecule has 0 amide bonds. The van der Waals surface area contributed by atoms with Gasteiger partial charge in [-0.2, -0.15) is 0 Å². The van der Waals surface area contributed by atoms with Crippen LogP contribution in [0.3, 0.4) is 0 Å². The first-order valence-corrected chi connectivity index (χ1v) is 12.4. The zero-order valence-corrected chi connectivity index (χ0v) is 19.5. The van der Waals surface area contributed by atoms with Gasteiger partial charge in [-0.15, -0.1) is 0 Å². The average Bonchev–Trinajstić information content (AvgIpc) is 3.64. The van der Waals surface area contributed by atoms with Crippen LogP contribution in [0.5, 0.6) is 0 Å². The molecule has 2 N–H and O–H groups in total. The van der Waals surface area contributed by atoms with E-state index in [-0.39, 0.29) is 0 Å². The summed E-state index contributed by atoms with van der Waals surface area (Å²) in [6, 6.07) is 6.49. The summed E-state index contributed by atoms with van der Waals surface area (Å²) in [5.74, 6) is 3.51. The summed E-state index contributed by atoms with van der Waals surface area (Å²) in [4.78, 5) is 22.9. The molecule has 1 saturated carbocycles. The predicted molar refractivity (Wildman–Crippen MR) is 133 cm³/mol. The van der Waals surface area contributed by atoms with E-state index in [1.165, 1.54) is 24.2 Å². The van der Waals surface area contributed by atoms with Crippen molar-refractivity contribution in [2.24, 2.45) is 5.92 Å². The van der Waals surface area contributed by atoms with Crippen LogP contribution in [0.4, 0.5) is 23.1 Å². The molecule has 0 unspecified atom stereocenters. The third-order valence-electron chi connectivity index (χ3n) is 6.10. The number of aryl methyl sites for hydroxylation is 1. The smallest absolute Gasteiger partial charge is 0.226 e. The van der Waals surface area contributed by atoms with Gasteiger partial charge in [0.15, 0.2) is 5.82 Å².